The molecule has 0 aliphatic heterocycles. The number of halogens is 1. The van der Waals surface area contributed by atoms with E-state index >= 15 is 0 Å². The molecule has 2 aromatic rings. The van der Waals surface area contributed by atoms with Crippen LogP contribution in [-0.2, 0) is 21.2 Å². The monoisotopic (exact) mass is 349 g/mol. The second-order valence-electron chi connectivity index (χ2n) is 5.63. The first kappa shape index (κ1) is 16.0. The van der Waals surface area contributed by atoms with Crippen molar-refractivity contribution in [2.75, 3.05) is 0 Å². The highest BCUT2D eigenvalue weighted by Crippen LogP contribution is 2.37. The number of hydrogen-bond donors (Lipinski definition) is 1. The highest BCUT2D eigenvalue weighted by Gasteiger charge is 2.32. The summed E-state index contributed by atoms with van der Waals surface area (Å²) in [6.45, 7) is 1.70. The Bertz CT molecular complexity index is 877. The molecule has 0 spiro atoms. The summed E-state index contributed by atoms with van der Waals surface area (Å²) in [5.74, 6) is -0.989. The quantitative estimate of drug-likeness (QED) is 0.925. The summed E-state index contributed by atoms with van der Waals surface area (Å²) in [6, 6.07) is 12.0. The summed E-state index contributed by atoms with van der Waals surface area (Å²) < 4.78 is 27.1. The Morgan fingerprint density at radius 2 is 1.91 bits per heavy atom. The third-order valence-electron chi connectivity index (χ3n) is 4.15. The van der Waals surface area contributed by atoms with Crippen LogP contribution in [0.3, 0.4) is 0 Å². The Morgan fingerprint density at radius 3 is 2.65 bits per heavy atom. The molecule has 6 heteroatoms. The van der Waals surface area contributed by atoms with E-state index in [1.165, 1.54) is 6.07 Å². The molecule has 0 bridgehead atoms. The molecule has 0 aromatic heterocycles. The van der Waals surface area contributed by atoms with Gasteiger partial charge in [0.15, 0.2) is 0 Å². The lowest BCUT2D eigenvalue weighted by molar-refractivity contribution is -0.120. The Labute approximate surface area is 140 Å². The second kappa shape index (κ2) is 5.98. The van der Waals surface area contributed by atoms with Gasteiger partial charge in [0.05, 0.1) is 10.8 Å². The van der Waals surface area contributed by atoms with E-state index in [1.807, 2.05) is 6.07 Å². The molecule has 0 saturated carbocycles. The first-order valence-electron chi connectivity index (χ1n) is 7.30. The zero-order chi connectivity index (χ0) is 16.6. The van der Waals surface area contributed by atoms with Crippen LogP contribution in [0.2, 0.25) is 5.02 Å². The molecule has 1 amide bonds. The van der Waals surface area contributed by atoms with Crippen LogP contribution in [0.25, 0.3) is 0 Å². The zero-order valence-corrected chi connectivity index (χ0v) is 14.1. The largest absolute Gasteiger partial charge is 0.273 e. The fourth-order valence-corrected chi connectivity index (χ4v) is 4.54. The van der Waals surface area contributed by atoms with Gasteiger partial charge in [-0.25, -0.2) is 13.1 Å². The molecule has 0 heterocycles. The van der Waals surface area contributed by atoms with E-state index < -0.39 is 21.8 Å². The van der Waals surface area contributed by atoms with Crippen LogP contribution in [0.15, 0.2) is 47.4 Å². The molecule has 1 aliphatic rings. The molecule has 2 aromatic carbocycles. The standard InChI is InChI=1S/C17H16ClNO3S/c1-11-5-2-3-8-16(11)23(21,22)19-17(20)14-10-9-13-12(14)6-4-7-15(13)18/h2-8,14H,9-10H2,1H3,(H,19,20)/t14-/m0/s1. The number of sulfonamides is 1. The number of carbonyl (C=O) groups is 1. The van der Waals surface area contributed by atoms with E-state index in [-0.39, 0.29) is 4.90 Å². The molecule has 0 radical (unpaired) electrons. The Kier molecular flexibility index (Phi) is 4.17. The lowest BCUT2D eigenvalue weighted by Crippen LogP contribution is -2.34. The van der Waals surface area contributed by atoms with Crippen molar-refractivity contribution in [2.24, 2.45) is 0 Å². The van der Waals surface area contributed by atoms with Crippen LogP contribution in [0, 0.1) is 6.92 Å². The lowest BCUT2D eigenvalue weighted by Gasteiger charge is -2.14. The summed E-state index contributed by atoms with van der Waals surface area (Å²) in [6.07, 6.45) is 1.24. The molecule has 1 N–H and O–H groups in total. The minimum absolute atomic E-state index is 0.123. The third kappa shape index (κ3) is 2.99. The van der Waals surface area contributed by atoms with E-state index in [0.29, 0.717) is 23.4 Å². The van der Waals surface area contributed by atoms with Crippen LogP contribution in [-0.4, -0.2) is 14.3 Å². The van der Waals surface area contributed by atoms with Gasteiger partial charge in [0.2, 0.25) is 5.91 Å². The number of rotatable bonds is 3. The number of hydrogen-bond acceptors (Lipinski definition) is 3. The molecule has 1 aliphatic carbocycles. The number of fused-ring (bicyclic) bond motifs is 1. The fraction of sp³-hybridized carbons (Fsp3) is 0.235. The molecule has 3 rings (SSSR count). The van der Waals surface area contributed by atoms with E-state index in [4.69, 9.17) is 11.6 Å². The van der Waals surface area contributed by atoms with Crippen LogP contribution < -0.4 is 4.72 Å². The van der Waals surface area contributed by atoms with Crippen molar-refractivity contribution in [2.45, 2.75) is 30.6 Å². The summed E-state index contributed by atoms with van der Waals surface area (Å²) in [5.41, 5.74) is 2.35. The lowest BCUT2D eigenvalue weighted by atomic mass is 10.0. The predicted molar refractivity (Wildman–Crippen MR) is 89.0 cm³/mol. The average Bonchev–Trinajstić information content (AvgIpc) is 2.92. The Hall–Kier alpha value is -1.85. The van der Waals surface area contributed by atoms with Gasteiger partial charge in [-0.1, -0.05) is 41.9 Å². The van der Waals surface area contributed by atoms with Crippen LogP contribution in [0.4, 0.5) is 0 Å². The SMILES string of the molecule is Cc1ccccc1S(=O)(=O)NC(=O)[C@H]1CCc2c(Cl)cccc21. The van der Waals surface area contributed by atoms with E-state index in [9.17, 15) is 13.2 Å². The van der Waals surface area contributed by atoms with Gasteiger partial charge in [0.25, 0.3) is 10.0 Å². The van der Waals surface area contributed by atoms with Gasteiger partial charge in [-0.15, -0.1) is 0 Å². The first-order valence-corrected chi connectivity index (χ1v) is 9.16. The van der Waals surface area contributed by atoms with Gasteiger partial charge in [0, 0.05) is 5.02 Å². The molecule has 0 saturated heterocycles. The van der Waals surface area contributed by atoms with Crippen molar-refractivity contribution in [1.82, 2.24) is 4.72 Å². The molecular weight excluding hydrogens is 334 g/mol. The van der Waals surface area contributed by atoms with E-state index in [1.54, 1.807) is 37.3 Å². The summed E-state index contributed by atoms with van der Waals surface area (Å²) in [7, 11) is -3.87. The van der Waals surface area contributed by atoms with Crippen molar-refractivity contribution in [1.29, 1.82) is 0 Å². The normalized spacial score (nSPS) is 16.9. The summed E-state index contributed by atoms with van der Waals surface area (Å²) in [4.78, 5) is 12.6. The highest BCUT2D eigenvalue weighted by atomic mass is 35.5. The van der Waals surface area contributed by atoms with Gasteiger partial charge >= 0.3 is 0 Å². The summed E-state index contributed by atoms with van der Waals surface area (Å²) >= 11 is 6.14. The predicted octanol–water partition coefficient (Wildman–Crippen LogP) is 3.18. The van der Waals surface area contributed by atoms with Gasteiger partial charge in [-0.2, -0.15) is 0 Å². The number of nitrogens with one attached hydrogen (secondary N) is 1. The number of carbonyl (C=O) groups excluding carboxylic acids is 1. The fourth-order valence-electron chi connectivity index (χ4n) is 3.00. The van der Waals surface area contributed by atoms with Crippen molar-refractivity contribution >= 4 is 27.5 Å². The molecular formula is C17H16ClNO3S. The molecule has 0 fully saturated rings. The van der Waals surface area contributed by atoms with Crippen LogP contribution >= 0.6 is 11.6 Å². The number of amides is 1. The highest BCUT2D eigenvalue weighted by molar-refractivity contribution is 7.90. The van der Waals surface area contributed by atoms with Gasteiger partial charge in [-0.05, 0) is 48.6 Å². The van der Waals surface area contributed by atoms with Crippen molar-refractivity contribution in [3.8, 4) is 0 Å². The Balaban J connectivity index is 1.87. The molecule has 0 unspecified atom stereocenters. The van der Waals surface area contributed by atoms with Gasteiger partial charge < -0.3 is 0 Å². The Morgan fingerprint density at radius 1 is 1.17 bits per heavy atom. The maximum Gasteiger partial charge on any atom is 0.264 e. The van der Waals surface area contributed by atoms with Gasteiger partial charge in [-0.3, -0.25) is 4.79 Å². The minimum Gasteiger partial charge on any atom is -0.273 e. The smallest absolute Gasteiger partial charge is 0.264 e. The van der Waals surface area contributed by atoms with Gasteiger partial charge in [0.1, 0.15) is 0 Å². The van der Waals surface area contributed by atoms with Crippen LogP contribution in [0.5, 0.6) is 0 Å². The molecule has 1 atom stereocenters. The van der Waals surface area contributed by atoms with Crippen molar-refractivity contribution in [3.05, 3.63) is 64.2 Å². The molecule has 120 valence electrons. The van der Waals surface area contributed by atoms with Crippen molar-refractivity contribution < 1.29 is 13.2 Å². The first-order chi connectivity index (χ1) is 10.9. The second-order valence-corrected chi connectivity index (χ2v) is 7.69. The zero-order valence-electron chi connectivity index (χ0n) is 12.5. The maximum atomic E-state index is 12.5. The van der Waals surface area contributed by atoms with Crippen LogP contribution in [0.1, 0.15) is 29.0 Å². The van der Waals surface area contributed by atoms with E-state index in [0.717, 1.165) is 11.1 Å². The minimum atomic E-state index is -3.87. The maximum absolute atomic E-state index is 12.5. The number of benzene rings is 2. The molecule has 4 nitrogen and oxygen atoms in total. The average molecular weight is 350 g/mol. The molecule has 23 heavy (non-hydrogen) atoms. The topological polar surface area (TPSA) is 63.2 Å². The van der Waals surface area contributed by atoms with Crippen molar-refractivity contribution in [3.63, 3.8) is 0 Å². The summed E-state index contributed by atoms with van der Waals surface area (Å²) in [5, 5.41) is 0.625. The third-order valence-corrected chi connectivity index (χ3v) is 6.01. The number of aryl methyl sites for hydroxylation is 1. The van der Waals surface area contributed by atoms with E-state index in [2.05, 4.69) is 4.72 Å².